The molecule has 0 spiro atoms. The van der Waals surface area contributed by atoms with Crippen LogP contribution in [0.1, 0.15) is 18.9 Å². The molecule has 0 saturated carbocycles. The van der Waals surface area contributed by atoms with E-state index >= 15 is 0 Å². The zero-order valence-corrected chi connectivity index (χ0v) is 9.20. The molecule has 0 aliphatic carbocycles. The van der Waals surface area contributed by atoms with Crippen LogP contribution in [0.25, 0.3) is 0 Å². The summed E-state index contributed by atoms with van der Waals surface area (Å²) in [5, 5.41) is 3.16. The quantitative estimate of drug-likeness (QED) is 0.805. The lowest BCUT2D eigenvalue weighted by atomic mass is 10.2. The molecule has 0 aliphatic rings. The van der Waals surface area contributed by atoms with Crippen molar-refractivity contribution in [1.82, 2.24) is 5.32 Å². The fraction of sp³-hybridized carbons (Fsp3) is 0.400. The Morgan fingerprint density at radius 2 is 2.23 bits per heavy atom. The molecule has 0 unspecified atom stereocenters. The standard InChI is InChI=1S/C10H13BrFN/c1-2-5-13-7-8-6-9(11)3-4-10(8)12/h3-4,6,13H,2,5,7H2,1H3. The monoisotopic (exact) mass is 245 g/mol. The smallest absolute Gasteiger partial charge is 0.127 e. The van der Waals surface area contributed by atoms with Crippen LogP contribution in [-0.2, 0) is 6.54 Å². The molecule has 0 aromatic heterocycles. The normalized spacial score (nSPS) is 10.4. The van der Waals surface area contributed by atoms with Gasteiger partial charge in [0, 0.05) is 16.6 Å². The maximum absolute atomic E-state index is 13.1. The third-order valence-corrected chi connectivity index (χ3v) is 2.24. The second-order valence-corrected chi connectivity index (χ2v) is 3.83. The van der Waals surface area contributed by atoms with Crippen molar-refractivity contribution in [1.29, 1.82) is 0 Å². The molecule has 1 aromatic carbocycles. The highest BCUT2D eigenvalue weighted by atomic mass is 79.9. The van der Waals surface area contributed by atoms with Crippen LogP contribution in [0.2, 0.25) is 0 Å². The second-order valence-electron chi connectivity index (χ2n) is 2.91. The van der Waals surface area contributed by atoms with Crippen molar-refractivity contribution in [3.63, 3.8) is 0 Å². The third kappa shape index (κ3) is 3.44. The lowest BCUT2D eigenvalue weighted by Crippen LogP contribution is -2.14. The van der Waals surface area contributed by atoms with Crippen LogP contribution in [0.4, 0.5) is 4.39 Å². The largest absolute Gasteiger partial charge is 0.313 e. The van der Waals surface area contributed by atoms with E-state index in [0.717, 1.165) is 17.4 Å². The molecule has 1 aromatic rings. The van der Waals surface area contributed by atoms with Crippen molar-refractivity contribution in [2.45, 2.75) is 19.9 Å². The van der Waals surface area contributed by atoms with Gasteiger partial charge in [-0.25, -0.2) is 4.39 Å². The lowest BCUT2D eigenvalue weighted by Gasteiger charge is -2.04. The van der Waals surface area contributed by atoms with Crippen LogP contribution in [-0.4, -0.2) is 6.54 Å². The van der Waals surface area contributed by atoms with E-state index in [1.165, 1.54) is 6.07 Å². The molecule has 0 fully saturated rings. The Balaban J connectivity index is 2.59. The average Bonchev–Trinajstić information content (AvgIpc) is 2.11. The van der Waals surface area contributed by atoms with Crippen molar-refractivity contribution in [2.24, 2.45) is 0 Å². The van der Waals surface area contributed by atoms with E-state index in [0.29, 0.717) is 12.1 Å². The van der Waals surface area contributed by atoms with Gasteiger partial charge in [0.15, 0.2) is 0 Å². The summed E-state index contributed by atoms with van der Waals surface area (Å²) >= 11 is 3.31. The molecule has 1 nitrogen and oxygen atoms in total. The number of rotatable bonds is 4. The maximum Gasteiger partial charge on any atom is 0.127 e. The number of nitrogens with one attached hydrogen (secondary N) is 1. The minimum absolute atomic E-state index is 0.146. The number of benzene rings is 1. The molecule has 0 amide bonds. The van der Waals surface area contributed by atoms with E-state index in [9.17, 15) is 4.39 Å². The summed E-state index contributed by atoms with van der Waals surface area (Å²) < 4.78 is 14.1. The Kier molecular flexibility index (Phi) is 4.39. The van der Waals surface area contributed by atoms with Gasteiger partial charge in [-0.2, -0.15) is 0 Å². The minimum Gasteiger partial charge on any atom is -0.313 e. The molecule has 72 valence electrons. The van der Waals surface area contributed by atoms with E-state index in [1.807, 2.05) is 0 Å². The first-order valence-corrected chi connectivity index (χ1v) is 5.18. The van der Waals surface area contributed by atoms with E-state index in [4.69, 9.17) is 0 Å². The highest BCUT2D eigenvalue weighted by molar-refractivity contribution is 9.10. The first-order chi connectivity index (χ1) is 6.24. The van der Waals surface area contributed by atoms with Crippen molar-refractivity contribution in [3.05, 3.63) is 34.1 Å². The van der Waals surface area contributed by atoms with Crippen LogP contribution in [0.3, 0.4) is 0 Å². The van der Waals surface area contributed by atoms with E-state index in [-0.39, 0.29) is 5.82 Å². The van der Waals surface area contributed by atoms with Crippen LogP contribution in [0.5, 0.6) is 0 Å². The summed E-state index contributed by atoms with van der Waals surface area (Å²) in [5.74, 6) is -0.146. The van der Waals surface area contributed by atoms with Gasteiger partial charge in [0.25, 0.3) is 0 Å². The average molecular weight is 246 g/mol. The highest BCUT2D eigenvalue weighted by Gasteiger charge is 2.01. The summed E-state index contributed by atoms with van der Waals surface area (Å²) in [6, 6.07) is 4.99. The minimum atomic E-state index is -0.146. The molecule has 0 saturated heterocycles. The van der Waals surface area contributed by atoms with Crippen LogP contribution >= 0.6 is 15.9 Å². The Labute approximate surface area is 86.5 Å². The summed E-state index contributed by atoms with van der Waals surface area (Å²) in [6.45, 7) is 3.61. The molecule has 0 atom stereocenters. The predicted octanol–water partition coefficient (Wildman–Crippen LogP) is 3.09. The van der Waals surface area contributed by atoms with Gasteiger partial charge >= 0.3 is 0 Å². The van der Waals surface area contributed by atoms with Gasteiger partial charge in [-0.3, -0.25) is 0 Å². The van der Waals surface area contributed by atoms with Crippen LogP contribution < -0.4 is 5.32 Å². The van der Waals surface area contributed by atoms with E-state index < -0.39 is 0 Å². The molecular formula is C10H13BrFN. The van der Waals surface area contributed by atoms with Gasteiger partial charge in [0.2, 0.25) is 0 Å². The zero-order valence-electron chi connectivity index (χ0n) is 7.61. The summed E-state index contributed by atoms with van der Waals surface area (Å²) in [7, 11) is 0. The summed E-state index contributed by atoms with van der Waals surface area (Å²) in [5.41, 5.74) is 0.711. The molecule has 0 radical (unpaired) electrons. The molecule has 13 heavy (non-hydrogen) atoms. The van der Waals surface area contributed by atoms with E-state index in [1.54, 1.807) is 12.1 Å². The van der Waals surface area contributed by atoms with Gasteiger partial charge < -0.3 is 5.32 Å². The van der Waals surface area contributed by atoms with Crippen LogP contribution in [0, 0.1) is 5.82 Å². The third-order valence-electron chi connectivity index (χ3n) is 1.75. The molecule has 3 heteroatoms. The zero-order chi connectivity index (χ0) is 9.68. The van der Waals surface area contributed by atoms with Gasteiger partial charge in [-0.1, -0.05) is 22.9 Å². The van der Waals surface area contributed by atoms with Gasteiger partial charge in [-0.05, 0) is 31.2 Å². The van der Waals surface area contributed by atoms with Crippen LogP contribution in [0.15, 0.2) is 22.7 Å². The molecule has 1 N–H and O–H groups in total. The Hall–Kier alpha value is -0.410. The lowest BCUT2D eigenvalue weighted by molar-refractivity contribution is 0.586. The topological polar surface area (TPSA) is 12.0 Å². The summed E-state index contributed by atoms with van der Waals surface area (Å²) in [6.07, 6.45) is 1.07. The number of hydrogen-bond acceptors (Lipinski definition) is 1. The van der Waals surface area contributed by atoms with Crippen molar-refractivity contribution >= 4 is 15.9 Å². The maximum atomic E-state index is 13.1. The Morgan fingerprint density at radius 3 is 2.92 bits per heavy atom. The van der Waals surface area contributed by atoms with Crippen molar-refractivity contribution < 1.29 is 4.39 Å². The fourth-order valence-corrected chi connectivity index (χ4v) is 1.49. The van der Waals surface area contributed by atoms with Crippen molar-refractivity contribution in [3.8, 4) is 0 Å². The van der Waals surface area contributed by atoms with Crippen molar-refractivity contribution in [2.75, 3.05) is 6.54 Å². The number of hydrogen-bond donors (Lipinski definition) is 1. The molecule has 0 aliphatic heterocycles. The Bertz CT molecular complexity index is 276. The molecular weight excluding hydrogens is 233 g/mol. The molecule has 0 bridgehead atoms. The van der Waals surface area contributed by atoms with E-state index in [2.05, 4.69) is 28.2 Å². The highest BCUT2D eigenvalue weighted by Crippen LogP contribution is 2.15. The Morgan fingerprint density at radius 1 is 1.46 bits per heavy atom. The number of halogens is 2. The molecule has 1 rings (SSSR count). The first-order valence-electron chi connectivity index (χ1n) is 4.38. The SMILES string of the molecule is CCCNCc1cc(Br)ccc1F. The molecule has 0 heterocycles. The summed E-state index contributed by atoms with van der Waals surface area (Å²) in [4.78, 5) is 0. The first kappa shape index (κ1) is 10.7. The predicted molar refractivity (Wildman–Crippen MR) is 56.1 cm³/mol. The van der Waals surface area contributed by atoms with Gasteiger partial charge in [0.05, 0.1) is 0 Å². The van der Waals surface area contributed by atoms with Gasteiger partial charge in [-0.15, -0.1) is 0 Å². The fourth-order valence-electron chi connectivity index (χ4n) is 1.08. The van der Waals surface area contributed by atoms with Gasteiger partial charge in [0.1, 0.15) is 5.82 Å². The second kappa shape index (κ2) is 5.35.